The molecule has 3 rings (SSSR count). The number of nitrogens with one attached hydrogen (secondary N) is 2. The van der Waals surface area contributed by atoms with E-state index in [4.69, 9.17) is 40.8 Å². The van der Waals surface area contributed by atoms with Gasteiger partial charge in [-0.2, -0.15) is 26.3 Å². The number of aromatic nitrogens is 2. The van der Waals surface area contributed by atoms with Gasteiger partial charge in [-0.05, 0) is 37.0 Å². The third-order valence-electron chi connectivity index (χ3n) is 5.89. The van der Waals surface area contributed by atoms with Crippen molar-refractivity contribution in [2.45, 2.75) is 38.0 Å². The summed E-state index contributed by atoms with van der Waals surface area (Å²) in [6.45, 7) is 2.08. The Bertz CT molecular complexity index is 1310. The predicted octanol–water partition coefficient (Wildman–Crippen LogP) is 2.46. The minimum Gasteiger partial charge on any atom is -0.491 e. The SMILES string of the molecule is N=C(N)c1ccc(CCC(=O)O)c(OCCNC(=O)C2CCN(c3ccncn3)CC2)c1.O=C(O)C(F)(F)F.O=C(O)C(F)(F)F. The van der Waals surface area contributed by atoms with Crippen molar-refractivity contribution in [3.05, 3.63) is 47.9 Å². The Balaban J connectivity index is 0.000000629. The second-order valence-electron chi connectivity index (χ2n) is 9.20. The minimum absolute atomic E-state index is 0.000440. The lowest BCUT2D eigenvalue weighted by Crippen LogP contribution is -2.41. The van der Waals surface area contributed by atoms with Gasteiger partial charge in [0.05, 0.1) is 6.54 Å². The lowest BCUT2D eigenvalue weighted by molar-refractivity contribution is -0.193. The van der Waals surface area contributed by atoms with E-state index in [1.807, 2.05) is 6.07 Å². The summed E-state index contributed by atoms with van der Waals surface area (Å²) >= 11 is 0. The second kappa shape index (κ2) is 18.0. The zero-order valence-electron chi connectivity index (χ0n) is 23.8. The van der Waals surface area contributed by atoms with Crippen molar-refractivity contribution in [2.24, 2.45) is 11.7 Å². The summed E-state index contributed by atoms with van der Waals surface area (Å²) in [7, 11) is 0. The highest BCUT2D eigenvalue weighted by molar-refractivity contribution is 5.95. The van der Waals surface area contributed by atoms with Crippen LogP contribution in [0.4, 0.5) is 32.2 Å². The number of halogens is 6. The number of aryl methyl sites for hydroxylation is 1. The fourth-order valence-electron chi connectivity index (χ4n) is 3.63. The molecule has 7 N–H and O–H groups in total. The lowest BCUT2D eigenvalue weighted by Gasteiger charge is -2.32. The van der Waals surface area contributed by atoms with Crippen LogP contribution in [0, 0.1) is 11.3 Å². The molecule has 14 nitrogen and oxygen atoms in total. The Hall–Kier alpha value is -5.17. The topological polar surface area (TPSA) is 229 Å². The molecule has 0 aliphatic carbocycles. The summed E-state index contributed by atoms with van der Waals surface area (Å²) in [5.74, 6) is -5.21. The van der Waals surface area contributed by atoms with E-state index in [1.54, 1.807) is 24.4 Å². The summed E-state index contributed by atoms with van der Waals surface area (Å²) in [6.07, 6.45) is -5.17. The van der Waals surface area contributed by atoms with E-state index in [0.29, 0.717) is 24.3 Å². The smallest absolute Gasteiger partial charge is 0.490 e. The average Bonchev–Trinajstić information content (AvgIpc) is 2.98. The van der Waals surface area contributed by atoms with Gasteiger partial charge in [-0.25, -0.2) is 19.6 Å². The minimum atomic E-state index is -5.08. The quantitative estimate of drug-likeness (QED) is 0.0929. The number of amidine groups is 1. The number of nitrogens with two attached hydrogens (primary N) is 1. The van der Waals surface area contributed by atoms with Crippen molar-refractivity contribution in [2.75, 3.05) is 31.1 Å². The lowest BCUT2D eigenvalue weighted by atomic mass is 9.96. The number of carboxylic acid groups (broad SMARTS) is 3. The van der Waals surface area contributed by atoms with Gasteiger partial charge in [-0.3, -0.25) is 15.0 Å². The van der Waals surface area contributed by atoms with Gasteiger partial charge in [0.15, 0.2) is 0 Å². The number of nitrogen functional groups attached to an aromatic ring is 1. The van der Waals surface area contributed by atoms with Crippen LogP contribution in [-0.4, -0.2) is 93.5 Å². The van der Waals surface area contributed by atoms with E-state index in [-0.39, 0.29) is 30.7 Å². The van der Waals surface area contributed by atoms with Crippen molar-refractivity contribution in [1.82, 2.24) is 15.3 Å². The molecule has 0 radical (unpaired) electrons. The first-order valence-electron chi connectivity index (χ1n) is 13.0. The van der Waals surface area contributed by atoms with Crippen LogP contribution in [0.25, 0.3) is 0 Å². The van der Waals surface area contributed by atoms with Crippen LogP contribution in [0.1, 0.15) is 30.4 Å². The molecule has 1 aliphatic heterocycles. The van der Waals surface area contributed by atoms with Crippen LogP contribution in [0.5, 0.6) is 5.75 Å². The van der Waals surface area contributed by atoms with E-state index < -0.39 is 30.3 Å². The molecule has 1 fully saturated rings. The second-order valence-corrected chi connectivity index (χ2v) is 9.20. The molecule has 46 heavy (non-hydrogen) atoms. The van der Waals surface area contributed by atoms with Crippen LogP contribution < -0.4 is 20.7 Å². The maximum absolute atomic E-state index is 12.5. The van der Waals surface area contributed by atoms with Gasteiger partial charge < -0.3 is 36.0 Å². The molecule has 1 saturated heterocycles. The number of ether oxygens (including phenoxy) is 1. The molecule has 0 atom stereocenters. The first kappa shape index (κ1) is 38.9. The number of alkyl halides is 6. The van der Waals surface area contributed by atoms with Crippen molar-refractivity contribution in [3.63, 3.8) is 0 Å². The van der Waals surface area contributed by atoms with Gasteiger partial charge in [-0.1, -0.05) is 12.1 Å². The third-order valence-corrected chi connectivity index (χ3v) is 5.89. The number of hydrogen-bond acceptors (Lipinski definition) is 9. The van der Waals surface area contributed by atoms with Crippen LogP contribution >= 0.6 is 0 Å². The first-order chi connectivity index (χ1) is 21.3. The van der Waals surface area contributed by atoms with Crippen molar-refractivity contribution < 1.29 is 65.6 Å². The number of anilines is 1. The monoisotopic (exact) mass is 668 g/mol. The molecule has 20 heteroatoms. The largest absolute Gasteiger partial charge is 0.491 e. The van der Waals surface area contributed by atoms with Crippen LogP contribution in [0.2, 0.25) is 0 Å². The predicted molar refractivity (Wildman–Crippen MR) is 146 cm³/mol. The Morgan fingerprint density at radius 2 is 1.57 bits per heavy atom. The van der Waals surface area contributed by atoms with E-state index in [2.05, 4.69) is 20.2 Å². The van der Waals surface area contributed by atoms with E-state index >= 15 is 0 Å². The Labute approximate surface area is 256 Å². The Morgan fingerprint density at radius 3 is 2.02 bits per heavy atom. The van der Waals surface area contributed by atoms with E-state index in [1.165, 1.54) is 6.33 Å². The standard InChI is InChI=1S/C22H28N6O4.2C2HF3O2/c23-21(24)17-2-1-15(3-4-20(29)30)18(13-17)32-12-9-26-22(31)16-6-10-28(11-7-16)19-5-8-25-14-27-19;2*3-2(4,5)1(6)7/h1-2,5,8,13-14,16H,3-4,6-7,9-12H2,(H3,23,24)(H,26,31)(H,29,30);2*(H,6,7). The van der Waals surface area contributed by atoms with E-state index in [9.17, 15) is 35.9 Å². The number of carbonyl (C=O) groups is 4. The third kappa shape index (κ3) is 14.5. The summed E-state index contributed by atoms with van der Waals surface area (Å²) in [6, 6.07) is 6.88. The molecule has 1 aromatic heterocycles. The highest BCUT2D eigenvalue weighted by atomic mass is 19.4. The first-order valence-corrected chi connectivity index (χ1v) is 13.0. The number of carbonyl (C=O) groups excluding carboxylic acids is 1. The number of piperidine rings is 1. The average molecular weight is 669 g/mol. The maximum atomic E-state index is 12.5. The number of carboxylic acids is 3. The number of rotatable bonds is 10. The summed E-state index contributed by atoms with van der Waals surface area (Å²) in [5.41, 5.74) is 6.77. The normalized spacial score (nSPS) is 13.2. The van der Waals surface area contributed by atoms with Gasteiger partial charge in [-0.15, -0.1) is 0 Å². The summed E-state index contributed by atoms with van der Waals surface area (Å²) < 4.78 is 69.3. The fourth-order valence-corrected chi connectivity index (χ4v) is 3.63. The number of nitrogens with zero attached hydrogens (tertiary/aromatic N) is 3. The van der Waals surface area contributed by atoms with Crippen LogP contribution in [-0.2, 0) is 25.6 Å². The molecule has 1 aromatic carbocycles. The maximum Gasteiger partial charge on any atom is 0.490 e. The molecule has 0 bridgehead atoms. The van der Waals surface area contributed by atoms with Crippen molar-refractivity contribution >= 4 is 35.5 Å². The molecule has 254 valence electrons. The van der Waals surface area contributed by atoms with Gasteiger partial charge >= 0.3 is 30.3 Å². The number of aliphatic carboxylic acids is 3. The summed E-state index contributed by atoms with van der Waals surface area (Å²) in [5, 5.41) is 33.7. The van der Waals surface area contributed by atoms with Gasteiger partial charge in [0.1, 0.15) is 30.3 Å². The van der Waals surface area contributed by atoms with Crippen LogP contribution in [0.3, 0.4) is 0 Å². The van der Waals surface area contributed by atoms with Crippen molar-refractivity contribution in [3.8, 4) is 5.75 Å². The molecule has 1 aliphatic rings. The highest BCUT2D eigenvalue weighted by Crippen LogP contribution is 2.23. The number of amides is 1. The molecular weight excluding hydrogens is 638 g/mol. The molecule has 2 heterocycles. The molecule has 0 spiro atoms. The Morgan fingerprint density at radius 1 is 1.00 bits per heavy atom. The number of hydrogen-bond donors (Lipinski definition) is 6. The zero-order valence-corrected chi connectivity index (χ0v) is 23.8. The fraction of sp³-hybridized carbons (Fsp3) is 0.423. The molecule has 2 aromatic rings. The Kier molecular flexibility index (Phi) is 15.2. The van der Waals surface area contributed by atoms with E-state index in [0.717, 1.165) is 37.3 Å². The molecule has 0 saturated carbocycles. The highest BCUT2D eigenvalue weighted by Gasteiger charge is 2.38. The zero-order chi connectivity index (χ0) is 35.1. The summed E-state index contributed by atoms with van der Waals surface area (Å²) in [4.78, 5) is 51.5. The van der Waals surface area contributed by atoms with Crippen LogP contribution in [0.15, 0.2) is 36.8 Å². The van der Waals surface area contributed by atoms with Gasteiger partial charge in [0.25, 0.3) is 0 Å². The molecule has 1 amide bonds. The molecular formula is C26H30F6N6O8. The van der Waals surface area contributed by atoms with Gasteiger partial charge in [0, 0.05) is 37.2 Å². The van der Waals surface area contributed by atoms with Crippen molar-refractivity contribution in [1.29, 1.82) is 5.41 Å². The number of benzene rings is 1. The molecule has 0 unspecified atom stereocenters. The van der Waals surface area contributed by atoms with Gasteiger partial charge in [0.2, 0.25) is 5.91 Å².